The van der Waals surface area contributed by atoms with E-state index >= 15 is 0 Å². The molecule has 112 valence electrons. The summed E-state index contributed by atoms with van der Waals surface area (Å²) in [6.07, 6.45) is 1.86. The highest BCUT2D eigenvalue weighted by Crippen LogP contribution is 2.18. The van der Waals surface area contributed by atoms with Gasteiger partial charge in [-0.25, -0.2) is 0 Å². The van der Waals surface area contributed by atoms with Crippen LogP contribution in [0.4, 0.5) is 5.69 Å². The van der Waals surface area contributed by atoms with Crippen molar-refractivity contribution >= 4 is 11.6 Å². The molecule has 0 aromatic heterocycles. The molecule has 0 fully saturated rings. The van der Waals surface area contributed by atoms with Crippen molar-refractivity contribution in [2.24, 2.45) is 0 Å². The molecule has 1 aromatic rings. The second-order valence-electron chi connectivity index (χ2n) is 5.19. The number of carbonyl (C=O) groups excluding carboxylic acids is 1. The molecule has 0 atom stereocenters. The third kappa shape index (κ3) is 5.21. The Morgan fingerprint density at radius 3 is 2.25 bits per heavy atom. The molecule has 0 aliphatic heterocycles. The van der Waals surface area contributed by atoms with Crippen molar-refractivity contribution in [2.75, 3.05) is 18.5 Å². The zero-order valence-electron chi connectivity index (χ0n) is 12.9. The average Bonchev–Trinajstić information content (AvgIpc) is 2.44. The van der Waals surface area contributed by atoms with E-state index in [4.69, 9.17) is 9.47 Å². The van der Waals surface area contributed by atoms with Crippen LogP contribution in [-0.4, -0.2) is 24.7 Å². The molecule has 1 N–H and O–H groups in total. The molecule has 1 amide bonds. The number of rotatable bonds is 8. The number of hydrogen-bond donors (Lipinski definition) is 1. The van der Waals surface area contributed by atoms with Gasteiger partial charge in [-0.2, -0.15) is 0 Å². The Bertz CT molecular complexity index is 412. The summed E-state index contributed by atoms with van der Waals surface area (Å²) in [4.78, 5) is 12.1. The van der Waals surface area contributed by atoms with Crippen LogP contribution in [0.2, 0.25) is 0 Å². The fourth-order valence-electron chi connectivity index (χ4n) is 1.56. The summed E-state index contributed by atoms with van der Waals surface area (Å²) in [5.41, 5.74) is -0.0834. The minimum Gasteiger partial charge on any atom is -0.494 e. The summed E-state index contributed by atoms with van der Waals surface area (Å²) in [5, 5.41) is 2.85. The second-order valence-corrected chi connectivity index (χ2v) is 5.19. The minimum atomic E-state index is -0.826. The molecule has 1 aromatic carbocycles. The topological polar surface area (TPSA) is 47.6 Å². The lowest BCUT2D eigenvalue weighted by molar-refractivity contribution is -0.137. The van der Waals surface area contributed by atoms with Crippen LogP contribution in [0, 0.1) is 0 Å². The van der Waals surface area contributed by atoms with Crippen LogP contribution in [0.5, 0.6) is 5.75 Å². The lowest BCUT2D eigenvalue weighted by Gasteiger charge is -2.24. The van der Waals surface area contributed by atoms with Crippen LogP contribution in [0.1, 0.15) is 40.5 Å². The number of carbonyl (C=O) groups is 1. The highest BCUT2D eigenvalue weighted by Gasteiger charge is 2.28. The van der Waals surface area contributed by atoms with Gasteiger partial charge >= 0.3 is 0 Å². The highest BCUT2D eigenvalue weighted by molar-refractivity contribution is 5.96. The molecule has 0 heterocycles. The van der Waals surface area contributed by atoms with E-state index in [9.17, 15) is 4.79 Å². The van der Waals surface area contributed by atoms with Gasteiger partial charge in [0.15, 0.2) is 0 Å². The summed E-state index contributed by atoms with van der Waals surface area (Å²) in [6, 6.07) is 7.37. The first-order valence-electron chi connectivity index (χ1n) is 7.18. The van der Waals surface area contributed by atoms with E-state index in [0.717, 1.165) is 24.3 Å². The van der Waals surface area contributed by atoms with E-state index in [2.05, 4.69) is 12.2 Å². The third-order valence-electron chi connectivity index (χ3n) is 2.80. The van der Waals surface area contributed by atoms with Gasteiger partial charge in [0.1, 0.15) is 11.4 Å². The van der Waals surface area contributed by atoms with Crippen molar-refractivity contribution in [3.63, 3.8) is 0 Å². The largest absolute Gasteiger partial charge is 0.494 e. The summed E-state index contributed by atoms with van der Waals surface area (Å²) in [5.74, 6) is 0.666. The molecule has 4 nitrogen and oxygen atoms in total. The zero-order valence-corrected chi connectivity index (χ0v) is 12.9. The van der Waals surface area contributed by atoms with Crippen LogP contribution < -0.4 is 10.1 Å². The first-order chi connectivity index (χ1) is 9.49. The summed E-state index contributed by atoms with van der Waals surface area (Å²) in [6.45, 7) is 8.90. The average molecular weight is 279 g/mol. The van der Waals surface area contributed by atoms with Crippen LogP contribution in [0.15, 0.2) is 24.3 Å². The predicted octanol–water partition coefficient (Wildman–Crippen LogP) is 3.62. The molecular formula is C16H25NO3. The van der Waals surface area contributed by atoms with Gasteiger partial charge in [-0.05, 0) is 51.0 Å². The smallest absolute Gasteiger partial charge is 0.256 e. The highest BCUT2D eigenvalue weighted by atomic mass is 16.5. The Kier molecular flexibility index (Phi) is 6.52. The lowest BCUT2D eigenvalue weighted by Crippen LogP contribution is -2.40. The Morgan fingerprint density at radius 1 is 1.10 bits per heavy atom. The number of ether oxygens (including phenoxy) is 2. The van der Waals surface area contributed by atoms with Crippen molar-refractivity contribution in [2.45, 2.75) is 46.1 Å². The van der Waals surface area contributed by atoms with Gasteiger partial charge in [-0.3, -0.25) is 4.79 Å². The van der Waals surface area contributed by atoms with Gasteiger partial charge in [-0.1, -0.05) is 13.8 Å². The van der Waals surface area contributed by atoms with E-state index in [1.807, 2.05) is 31.2 Å². The number of nitrogens with one attached hydrogen (secondary N) is 1. The fourth-order valence-corrected chi connectivity index (χ4v) is 1.56. The van der Waals surface area contributed by atoms with Crippen molar-refractivity contribution in [1.29, 1.82) is 0 Å². The Balaban J connectivity index is 2.57. The molecule has 0 unspecified atom stereocenters. The molecule has 0 saturated carbocycles. The van der Waals surface area contributed by atoms with E-state index in [-0.39, 0.29) is 5.91 Å². The van der Waals surface area contributed by atoms with Gasteiger partial charge in [0.2, 0.25) is 0 Å². The van der Waals surface area contributed by atoms with Crippen molar-refractivity contribution < 1.29 is 14.3 Å². The molecule has 0 bridgehead atoms. The van der Waals surface area contributed by atoms with Crippen molar-refractivity contribution in [3.8, 4) is 5.75 Å². The summed E-state index contributed by atoms with van der Waals surface area (Å²) in [7, 11) is 0. The predicted molar refractivity (Wildman–Crippen MR) is 81.2 cm³/mol. The lowest BCUT2D eigenvalue weighted by atomic mass is 10.1. The van der Waals surface area contributed by atoms with E-state index in [1.54, 1.807) is 13.8 Å². The normalized spacial score (nSPS) is 11.2. The van der Waals surface area contributed by atoms with Gasteiger partial charge in [0.25, 0.3) is 5.91 Å². The Morgan fingerprint density at radius 2 is 1.70 bits per heavy atom. The van der Waals surface area contributed by atoms with Gasteiger partial charge in [0, 0.05) is 12.3 Å². The van der Waals surface area contributed by atoms with Crippen LogP contribution in [0.25, 0.3) is 0 Å². The van der Waals surface area contributed by atoms with Crippen molar-refractivity contribution in [1.82, 2.24) is 0 Å². The van der Waals surface area contributed by atoms with Crippen LogP contribution in [0.3, 0.4) is 0 Å². The molecule has 0 aliphatic carbocycles. The second kappa shape index (κ2) is 7.90. The van der Waals surface area contributed by atoms with Gasteiger partial charge in [-0.15, -0.1) is 0 Å². The molecule has 20 heavy (non-hydrogen) atoms. The van der Waals surface area contributed by atoms with E-state index < -0.39 is 5.60 Å². The Hall–Kier alpha value is -1.55. The molecule has 4 heteroatoms. The number of amides is 1. The fraction of sp³-hybridized carbons (Fsp3) is 0.562. The molecule has 0 aliphatic rings. The first kappa shape index (κ1) is 16.5. The monoisotopic (exact) mass is 279 g/mol. The number of benzene rings is 1. The number of hydrogen-bond acceptors (Lipinski definition) is 3. The van der Waals surface area contributed by atoms with Gasteiger partial charge in [0.05, 0.1) is 6.61 Å². The molecule has 0 spiro atoms. The summed E-state index contributed by atoms with van der Waals surface area (Å²) >= 11 is 0. The zero-order chi connectivity index (χ0) is 15.0. The molecular weight excluding hydrogens is 254 g/mol. The third-order valence-corrected chi connectivity index (χ3v) is 2.80. The maximum absolute atomic E-state index is 12.1. The molecule has 0 radical (unpaired) electrons. The maximum atomic E-state index is 12.1. The number of anilines is 1. The maximum Gasteiger partial charge on any atom is 0.256 e. The quantitative estimate of drug-likeness (QED) is 0.790. The SMILES string of the molecule is CCCOc1ccc(NC(=O)C(C)(C)OCCC)cc1. The van der Waals surface area contributed by atoms with E-state index in [0.29, 0.717) is 13.2 Å². The van der Waals surface area contributed by atoms with Crippen LogP contribution >= 0.6 is 0 Å². The standard InChI is InChI=1S/C16H25NO3/c1-5-11-19-14-9-7-13(8-10-14)17-15(18)16(3,4)20-12-6-2/h7-10H,5-6,11-12H2,1-4H3,(H,17,18). The summed E-state index contributed by atoms with van der Waals surface area (Å²) < 4.78 is 11.1. The molecule has 1 rings (SSSR count). The van der Waals surface area contributed by atoms with E-state index in [1.165, 1.54) is 0 Å². The molecule has 0 saturated heterocycles. The van der Waals surface area contributed by atoms with Crippen LogP contribution in [-0.2, 0) is 9.53 Å². The van der Waals surface area contributed by atoms with Crippen molar-refractivity contribution in [3.05, 3.63) is 24.3 Å². The van der Waals surface area contributed by atoms with Gasteiger partial charge < -0.3 is 14.8 Å². The first-order valence-corrected chi connectivity index (χ1v) is 7.18. The minimum absolute atomic E-state index is 0.145. The Labute approximate surface area is 121 Å².